The minimum absolute atomic E-state index is 0.0965. The van der Waals surface area contributed by atoms with Crippen molar-refractivity contribution in [3.05, 3.63) is 77.9 Å². The Morgan fingerprint density at radius 3 is 2.38 bits per heavy atom. The van der Waals surface area contributed by atoms with Crippen LogP contribution in [0.3, 0.4) is 0 Å². The van der Waals surface area contributed by atoms with Crippen molar-refractivity contribution in [1.82, 2.24) is 0 Å². The van der Waals surface area contributed by atoms with Gasteiger partial charge in [-0.3, -0.25) is 14.9 Å². The van der Waals surface area contributed by atoms with Gasteiger partial charge in [0.1, 0.15) is 18.1 Å². The third-order valence-corrected chi connectivity index (χ3v) is 7.07. The molecule has 3 aromatic rings. The van der Waals surface area contributed by atoms with Gasteiger partial charge in [-0.05, 0) is 41.8 Å². The van der Waals surface area contributed by atoms with Crippen LogP contribution in [0, 0.1) is 0 Å². The van der Waals surface area contributed by atoms with Crippen LogP contribution in [0.4, 0.5) is 16.2 Å². The van der Waals surface area contributed by atoms with E-state index in [2.05, 4.69) is 24.7 Å². The predicted octanol–water partition coefficient (Wildman–Crippen LogP) is 5.53. The lowest BCUT2D eigenvalue weighted by Gasteiger charge is -2.36. The van der Waals surface area contributed by atoms with Gasteiger partial charge in [-0.15, -0.1) is 0 Å². The van der Waals surface area contributed by atoms with E-state index in [9.17, 15) is 14.4 Å². The molecule has 1 saturated heterocycles. The number of methoxy groups -OCH3 is 1. The molecule has 2 amide bonds. The monoisotopic (exact) mass is 530 g/mol. The van der Waals surface area contributed by atoms with Gasteiger partial charge in [0.25, 0.3) is 0 Å². The van der Waals surface area contributed by atoms with E-state index in [0.717, 1.165) is 53.4 Å². The van der Waals surface area contributed by atoms with E-state index < -0.39 is 6.09 Å². The highest BCUT2D eigenvalue weighted by molar-refractivity contribution is 5.94. The minimum atomic E-state index is -0.467. The molecule has 0 aliphatic carbocycles. The number of ether oxygens (including phenoxy) is 2. The molecule has 1 fully saturated rings. The molecule has 0 aromatic heterocycles. The molecule has 2 N–H and O–H groups in total. The number of benzene rings is 3. The quantitative estimate of drug-likeness (QED) is 0.280. The van der Waals surface area contributed by atoms with Crippen molar-refractivity contribution < 1.29 is 28.3 Å². The number of amides is 2. The molecule has 1 aliphatic heterocycles. The molecular formula is C31H36N3O5+. The van der Waals surface area contributed by atoms with E-state index in [-0.39, 0.29) is 18.4 Å². The fourth-order valence-corrected chi connectivity index (χ4v) is 4.73. The normalized spacial score (nSPS) is 14.7. The molecule has 0 bridgehead atoms. The zero-order valence-electron chi connectivity index (χ0n) is 22.7. The van der Waals surface area contributed by atoms with Gasteiger partial charge in [0.05, 0.1) is 45.7 Å². The van der Waals surface area contributed by atoms with Crippen LogP contribution in [0.25, 0.3) is 11.1 Å². The fraction of sp³-hybridized carbons (Fsp3) is 0.323. The number of nitrogens with one attached hydrogen (secondary N) is 2. The van der Waals surface area contributed by atoms with Crippen molar-refractivity contribution in [2.75, 3.05) is 44.9 Å². The van der Waals surface area contributed by atoms with Crippen molar-refractivity contribution in [1.29, 1.82) is 0 Å². The van der Waals surface area contributed by atoms with E-state index in [1.807, 2.05) is 48.5 Å². The van der Waals surface area contributed by atoms with E-state index in [0.29, 0.717) is 29.1 Å². The lowest BCUT2D eigenvalue weighted by molar-refractivity contribution is -0.896. The molecule has 39 heavy (non-hydrogen) atoms. The Morgan fingerprint density at radius 2 is 1.69 bits per heavy atom. The first-order valence-corrected chi connectivity index (χ1v) is 13.2. The van der Waals surface area contributed by atoms with Gasteiger partial charge < -0.3 is 19.3 Å². The first kappa shape index (κ1) is 27.9. The summed E-state index contributed by atoms with van der Waals surface area (Å²) in [5, 5.41) is 5.81. The number of hydrogen-bond acceptors (Lipinski definition) is 5. The molecule has 1 aliphatic rings. The summed E-state index contributed by atoms with van der Waals surface area (Å²) in [6.45, 7) is 1.94. The molecular weight excluding hydrogens is 494 g/mol. The first-order valence-electron chi connectivity index (χ1n) is 13.2. The Bertz CT molecular complexity index is 1310. The summed E-state index contributed by atoms with van der Waals surface area (Å²) in [5.41, 5.74) is 4.36. The summed E-state index contributed by atoms with van der Waals surface area (Å²) in [7, 11) is 5.86. The number of piperidine rings is 1. The second-order valence-electron chi connectivity index (χ2n) is 10.5. The first-order chi connectivity index (χ1) is 18.8. The molecule has 0 radical (unpaired) electrons. The van der Waals surface area contributed by atoms with Crippen molar-refractivity contribution >= 4 is 29.7 Å². The number of rotatable bonds is 9. The average Bonchev–Trinajstić information content (AvgIpc) is 2.94. The van der Waals surface area contributed by atoms with Gasteiger partial charge in [0.15, 0.2) is 0 Å². The Balaban J connectivity index is 1.44. The van der Waals surface area contributed by atoms with Crippen molar-refractivity contribution in [2.24, 2.45) is 0 Å². The molecule has 8 heteroatoms. The molecule has 0 atom stereocenters. The zero-order chi connectivity index (χ0) is 27.8. The van der Waals surface area contributed by atoms with Crippen LogP contribution >= 0.6 is 0 Å². The van der Waals surface area contributed by atoms with Crippen LogP contribution in [-0.4, -0.2) is 63.2 Å². The van der Waals surface area contributed by atoms with E-state index in [1.165, 1.54) is 7.11 Å². The number of nitrogens with zero attached hydrogens (tertiary/aromatic N) is 1. The Kier molecular flexibility index (Phi) is 8.99. The van der Waals surface area contributed by atoms with Crippen LogP contribution in [0.5, 0.6) is 5.75 Å². The molecule has 8 nitrogen and oxygen atoms in total. The molecule has 0 spiro atoms. The highest BCUT2D eigenvalue weighted by atomic mass is 16.6. The number of aryl methyl sites for hydroxylation is 1. The number of carbonyl (C=O) groups is 3. The Hall–Kier alpha value is -4.17. The SMILES string of the molecule is COc1cc(C=O)ccc1NC(=O)CCc1ccc(-c2ccccc2)c(NC(=O)OC2CC[N+](C)(C)CC2)c1. The van der Waals surface area contributed by atoms with Gasteiger partial charge >= 0.3 is 6.09 Å². The third kappa shape index (κ3) is 7.67. The second-order valence-corrected chi connectivity index (χ2v) is 10.5. The summed E-state index contributed by atoms with van der Waals surface area (Å²) in [5.74, 6) is 0.234. The van der Waals surface area contributed by atoms with Gasteiger partial charge in [-0.1, -0.05) is 42.5 Å². The number of hydrogen-bond donors (Lipinski definition) is 2. The number of aldehydes is 1. The maximum atomic E-state index is 12.9. The highest BCUT2D eigenvalue weighted by Crippen LogP contribution is 2.30. The molecule has 204 valence electrons. The van der Waals surface area contributed by atoms with Crippen molar-refractivity contribution in [3.8, 4) is 16.9 Å². The lowest BCUT2D eigenvalue weighted by atomic mass is 9.99. The van der Waals surface area contributed by atoms with Crippen LogP contribution in [0.1, 0.15) is 35.2 Å². The van der Waals surface area contributed by atoms with Gasteiger partial charge in [-0.2, -0.15) is 0 Å². The number of quaternary nitrogens is 1. The Labute approximate surface area is 229 Å². The molecule has 4 rings (SSSR count). The van der Waals surface area contributed by atoms with Gasteiger partial charge in [-0.25, -0.2) is 4.79 Å². The van der Waals surface area contributed by atoms with E-state index in [4.69, 9.17) is 9.47 Å². The molecule has 1 heterocycles. The number of anilines is 2. The topological polar surface area (TPSA) is 93.7 Å². The number of likely N-dealkylation sites (tertiary alicyclic amines) is 1. The molecule has 0 unspecified atom stereocenters. The number of carbonyl (C=O) groups excluding carboxylic acids is 3. The average molecular weight is 531 g/mol. The zero-order valence-corrected chi connectivity index (χ0v) is 22.7. The Morgan fingerprint density at radius 1 is 0.949 bits per heavy atom. The lowest BCUT2D eigenvalue weighted by Crippen LogP contribution is -2.48. The second kappa shape index (κ2) is 12.6. The molecule has 0 saturated carbocycles. The molecule has 3 aromatic carbocycles. The van der Waals surface area contributed by atoms with E-state index >= 15 is 0 Å². The standard InChI is InChI=1S/C31H35N3O5/c1-34(2)17-15-25(16-18-34)39-31(37)33-28-19-22(9-12-26(28)24-7-5-4-6-8-24)11-14-30(36)32-27-13-10-23(21-35)20-29(27)38-3/h4-10,12-13,19-21,25H,11,14-18H2,1-3H3,(H-,32,33,35,36,37)/p+1. The van der Waals surface area contributed by atoms with Crippen LogP contribution < -0.4 is 15.4 Å². The predicted molar refractivity (Wildman–Crippen MR) is 152 cm³/mol. The van der Waals surface area contributed by atoms with Gasteiger partial charge in [0, 0.05) is 30.4 Å². The summed E-state index contributed by atoms with van der Waals surface area (Å²) >= 11 is 0. The van der Waals surface area contributed by atoms with Crippen molar-refractivity contribution in [3.63, 3.8) is 0 Å². The summed E-state index contributed by atoms with van der Waals surface area (Å²) in [4.78, 5) is 36.6. The van der Waals surface area contributed by atoms with E-state index in [1.54, 1.807) is 18.2 Å². The maximum Gasteiger partial charge on any atom is 0.411 e. The highest BCUT2D eigenvalue weighted by Gasteiger charge is 2.28. The van der Waals surface area contributed by atoms with Gasteiger partial charge in [0.2, 0.25) is 5.91 Å². The largest absolute Gasteiger partial charge is 0.495 e. The fourth-order valence-electron chi connectivity index (χ4n) is 4.73. The smallest absolute Gasteiger partial charge is 0.411 e. The van der Waals surface area contributed by atoms with Crippen LogP contribution in [-0.2, 0) is 16.0 Å². The minimum Gasteiger partial charge on any atom is -0.495 e. The van der Waals surface area contributed by atoms with Crippen LogP contribution in [0.15, 0.2) is 66.7 Å². The maximum absolute atomic E-state index is 12.9. The summed E-state index contributed by atoms with van der Waals surface area (Å²) in [6, 6.07) is 20.5. The van der Waals surface area contributed by atoms with Crippen LogP contribution in [0.2, 0.25) is 0 Å². The summed E-state index contributed by atoms with van der Waals surface area (Å²) < 4.78 is 12.0. The third-order valence-electron chi connectivity index (χ3n) is 7.07. The van der Waals surface area contributed by atoms with Crippen molar-refractivity contribution in [2.45, 2.75) is 31.8 Å². The summed E-state index contributed by atoms with van der Waals surface area (Å²) in [6.07, 6.45) is 2.53.